The Morgan fingerprint density at radius 3 is 3.00 bits per heavy atom. The van der Waals surface area contributed by atoms with Gasteiger partial charge in [0.2, 0.25) is 0 Å². The van der Waals surface area contributed by atoms with Crippen molar-refractivity contribution in [1.82, 2.24) is 4.98 Å². The van der Waals surface area contributed by atoms with E-state index >= 15 is 0 Å². The number of fused-ring (bicyclic) bond motifs is 1. The Balaban J connectivity index is 2.91. The molecule has 0 bridgehead atoms. The van der Waals surface area contributed by atoms with Crippen LogP contribution in [0, 0.1) is 6.20 Å². The summed E-state index contributed by atoms with van der Waals surface area (Å²) in [5.41, 5.74) is 0.734. The van der Waals surface area contributed by atoms with Crippen molar-refractivity contribution in [3.05, 3.63) is 34.9 Å². The molecule has 0 saturated heterocycles. The lowest BCUT2D eigenvalue weighted by molar-refractivity contribution is 0.473. The van der Waals surface area contributed by atoms with Gasteiger partial charge in [-0.1, -0.05) is 6.07 Å². The summed E-state index contributed by atoms with van der Waals surface area (Å²) >= 11 is 3.25. The Hall–Kier alpha value is -1.09. The zero-order chi connectivity index (χ0) is 8.55. The Morgan fingerprint density at radius 1 is 1.33 bits per heavy atom. The number of phenols is 1. The number of aromatic hydroxyl groups is 1. The van der Waals surface area contributed by atoms with Crippen molar-refractivity contribution in [2.24, 2.45) is 0 Å². The number of hydrogen-bond donors (Lipinski definition) is 1. The monoisotopic (exact) mass is 222 g/mol. The van der Waals surface area contributed by atoms with Gasteiger partial charge >= 0.3 is 0 Å². The van der Waals surface area contributed by atoms with Crippen LogP contribution in [0.5, 0.6) is 5.75 Å². The van der Waals surface area contributed by atoms with Crippen LogP contribution in [0.3, 0.4) is 0 Å². The molecule has 1 aromatic heterocycles. The van der Waals surface area contributed by atoms with E-state index < -0.39 is 0 Å². The van der Waals surface area contributed by atoms with Crippen LogP contribution in [0.15, 0.2) is 28.7 Å². The van der Waals surface area contributed by atoms with Crippen molar-refractivity contribution in [1.29, 1.82) is 0 Å². The van der Waals surface area contributed by atoms with Crippen LogP contribution in [-0.2, 0) is 0 Å². The SMILES string of the molecule is Oc1ccc2cc[c]nc2c1Br. The maximum Gasteiger partial charge on any atom is 0.132 e. The maximum atomic E-state index is 9.32. The van der Waals surface area contributed by atoms with E-state index in [1.165, 1.54) is 0 Å². The number of halogens is 1. The lowest BCUT2D eigenvalue weighted by Gasteiger charge is -2.00. The standard InChI is InChI=1S/C9H5BrNO/c10-8-7(12)4-3-6-2-1-5-11-9(6)8/h1-4,12H. The molecule has 0 aliphatic carbocycles. The molecule has 1 heterocycles. The van der Waals surface area contributed by atoms with Crippen LogP contribution in [0.4, 0.5) is 0 Å². The first kappa shape index (κ1) is 7.55. The summed E-state index contributed by atoms with van der Waals surface area (Å²) in [4.78, 5) is 4.01. The lowest BCUT2D eigenvalue weighted by Crippen LogP contribution is -1.79. The minimum absolute atomic E-state index is 0.203. The van der Waals surface area contributed by atoms with E-state index in [1.54, 1.807) is 12.1 Å². The molecule has 2 rings (SSSR count). The van der Waals surface area contributed by atoms with Crippen LogP contribution in [0.1, 0.15) is 0 Å². The fraction of sp³-hybridized carbons (Fsp3) is 0. The van der Waals surface area contributed by atoms with Gasteiger partial charge < -0.3 is 5.11 Å². The van der Waals surface area contributed by atoms with Crippen molar-refractivity contribution in [2.45, 2.75) is 0 Å². The van der Waals surface area contributed by atoms with Gasteiger partial charge in [-0.2, -0.15) is 0 Å². The van der Waals surface area contributed by atoms with Gasteiger partial charge in [-0.25, -0.2) is 4.98 Å². The topological polar surface area (TPSA) is 33.1 Å². The second kappa shape index (κ2) is 2.75. The fourth-order valence-electron chi connectivity index (χ4n) is 1.05. The zero-order valence-electron chi connectivity index (χ0n) is 6.08. The Labute approximate surface area is 78.0 Å². The average Bonchev–Trinajstić information content (AvgIpc) is 2.12. The fourth-order valence-corrected chi connectivity index (χ4v) is 1.50. The van der Waals surface area contributed by atoms with E-state index in [4.69, 9.17) is 0 Å². The van der Waals surface area contributed by atoms with E-state index in [2.05, 4.69) is 27.1 Å². The summed E-state index contributed by atoms with van der Waals surface area (Å²) in [7, 11) is 0. The first-order valence-corrected chi connectivity index (χ1v) is 4.22. The highest BCUT2D eigenvalue weighted by Gasteiger charge is 2.03. The van der Waals surface area contributed by atoms with Crippen LogP contribution in [-0.4, -0.2) is 10.1 Å². The maximum absolute atomic E-state index is 9.32. The molecule has 0 unspecified atom stereocenters. The molecule has 12 heavy (non-hydrogen) atoms. The molecule has 1 radical (unpaired) electrons. The number of aromatic nitrogens is 1. The van der Waals surface area contributed by atoms with Gasteiger partial charge in [0.1, 0.15) is 5.75 Å². The Kier molecular flexibility index (Phi) is 1.73. The summed E-state index contributed by atoms with van der Waals surface area (Å²) in [6.45, 7) is 0. The van der Waals surface area contributed by atoms with Crippen molar-refractivity contribution in [3.63, 3.8) is 0 Å². The van der Waals surface area contributed by atoms with E-state index in [0.717, 1.165) is 10.9 Å². The molecule has 0 saturated carbocycles. The molecule has 0 atom stereocenters. The summed E-state index contributed by atoms with van der Waals surface area (Å²) in [5, 5.41) is 10.3. The van der Waals surface area contributed by atoms with E-state index in [0.29, 0.717) is 4.47 Å². The molecule has 1 N–H and O–H groups in total. The summed E-state index contributed by atoms with van der Waals surface area (Å²) in [6.07, 6.45) is 2.71. The van der Waals surface area contributed by atoms with Crippen LogP contribution in [0.25, 0.3) is 10.9 Å². The van der Waals surface area contributed by atoms with Gasteiger partial charge in [0.05, 0.1) is 16.2 Å². The second-order valence-corrected chi connectivity index (χ2v) is 3.20. The zero-order valence-corrected chi connectivity index (χ0v) is 7.67. The van der Waals surface area contributed by atoms with Crippen molar-refractivity contribution >= 4 is 26.8 Å². The minimum atomic E-state index is 0.203. The predicted octanol–water partition coefficient (Wildman–Crippen LogP) is 2.50. The van der Waals surface area contributed by atoms with Crippen molar-refractivity contribution < 1.29 is 5.11 Å². The number of benzene rings is 1. The molecular formula is C9H5BrNO. The van der Waals surface area contributed by atoms with Gasteiger partial charge in [0.25, 0.3) is 0 Å². The van der Waals surface area contributed by atoms with E-state index in [1.807, 2.05) is 12.1 Å². The summed E-state index contributed by atoms with van der Waals surface area (Å²) < 4.78 is 0.622. The Bertz CT molecular complexity index is 428. The molecule has 0 fully saturated rings. The predicted molar refractivity (Wildman–Crippen MR) is 49.9 cm³/mol. The van der Waals surface area contributed by atoms with Crippen molar-refractivity contribution in [3.8, 4) is 5.75 Å². The molecule has 0 aliphatic heterocycles. The summed E-state index contributed by atoms with van der Waals surface area (Å²) in [5.74, 6) is 0.203. The van der Waals surface area contributed by atoms with Crippen LogP contribution >= 0.6 is 15.9 Å². The van der Waals surface area contributed by atoms with E-state index in [9.17, 15) is 5.11 Å². The highest BCUT2D eigenvalue weighted by Crippen LogP contribution is 2.30. The van der Waals surface area contributed by atoms with Gasteiger partial charge in [0, 0.05) is 5.39 Å². The lowest BCUT2D eigenvalue weighted by atomic mass is 10.2. The van der Waals surface area contributed by atoms with Gasteiger partial charge in [-0.3, -0.25) is 0 Å². The molecule has 3 heteroatoms. The molecule has 0 amide bonds. The van der Waals surface area contributed by atoms with E-state index in [-0.39, 0.29) is 5.75 Å². The number of rotatable bonds is 0. The Morgan fingerprint density at radius 2 is 2.17 bits per heavy atom. The van der Waals surface area contributed by atoms with Gasteiger partial charge in [-0.05, 0) is 34.1 Å². The quantitative estimate of drug-likeness (QED) is 0.744. The molecule has 0 aliphatic rings. The summed E-state index contributed by atoms with van der Waals surface area (Å²) in [6, 6.07) is 7.09. The molecule has 2 nitrogen and oxygen atoms in total. The third-order valence-electron chi connectivity index (χ3n) is 1.64. The molecule has 2 aromatic rings. The number of hydrogen-bond acceptors (Lipinski definition) is 2. The first-order valence-electron chi connectivity index (χ1n) is 3.43. The molecule has 59 valence electrons. The highest BCUT2D eigenvalue weighted by atomic mass is 79.9. The number of nitrogens with zero attached hydrogens (tertiary/aromatic N) is 1. The largest absolute Gasteiger partial charge is 0.507 e. The third kappa shape index (κ3) is 1.06. The number of phenolic OH excluding ortho intramolecular Hbond substituents is 1. The highest BCUT2D eigenvalue weighted by molar-refractivity contribution is 9.10. The van der Waals surface area contributed by atoms with Crippen LogP contribution < -0.4 is 0 Å². The minimum Gasteiger partial charge on any atom is -0.507 e. The number of pyridine rings is 1. The normalized spacial score (nSPS) is 10.4. The first-order chi connectivity index (χ1) is 5.79. The van der Waals surface area contributed by atoms with Gasteiger partial charge in [0.15, 0.2) is 0 Å². The molecule has 1 aromatic carbocycles. The second-order valence-electron chi connectivity index (χ2n) is 2.41. The van der Waals surface area contributed by atoms with Crippen molar-refractivity contribution in [2.75, 3.05) is 0 Å². The molecule has 0 spiro atoms. The third-order valence-corrected chi connectivity index (χ3v) is 2.42. The van der Waals surface area contributed by atoms with Crippen LogP contribution in [0.2, 0.25) is 0 Å². The van der Waals surface area contributed by atoms with Gasteiger partial charge in [-0.15, -0.1) is 0 Å². The average molecular weight is 223 g/mol. The molecular weight excluding hydrogens is 218 g/mol. The smallest absolute Gasteiger partial charge is 0.132 e.